The molecule has 5 nitrogen and oxygen atoms in total. The van der Waals surface area contributed by atoms with Crippen molar-refractivity contribution in [1.29, 1.82) is 0 Å². The fourth-order valence-corrected chi connectivity index (χ4v) is 3.85. The Labute approximate surface area is 184 Å². The van der Waals surface area contributed by atoms with Crippen LogP contribution in [0.5, 0.6) is 5.88 Å². The van der Waals surface area contributed by atoms with E-state index in [0.717, 1.165) is 22.6 Å². The largest absolute Gasteiger partial charge is 0.493 e. The van der Waals surface area contributed by atoms with E-state index in [4.69, 9.17) is 9.40 Å². The Morgan fingerprint density at radius 2 is 1.69 bits per heavy atom. The van der Waals surface area contributed by atoms with Crippen LogP contribution in [0.4, 0.5) is 4.39 Å². The van der Waals surface area contributed by atoms with Gasteiger partial charge in [-0.25, -0.2) is 14.4 Å². The molecule has 32 heavy (non-hydrogen) atoms. The van der Waals surface area contributed by atoms with Crippen molar-refractivity contribution >= 4 is 5.65 Å². The molecule has 0 saturated heterocycles. The Balaban J connectivity index is 1.66. The Kier molecular flexibility index (Phi) is 4.98. The molecule has 0 atom stereocenters. The van der Waals surface area contributed by atoms with Gasteiger partial charge in [0.2, 0.25) is 5.88 Å². The zero-order valence-electron chi connectivity index (χ0n) is 17.8. The highest BCUT2D eigenvalue weighted by molar-refractivity contribution is 5.63. The van der Waals surface area contributed by atoms with Crippen molar-refractivity contribution in [3.8, 4) is 17.1 Å². The van der Waals surface area contributed by atoms with Crippen LogP contribution in [0.2, 0.25) is 0 Å². The molecule has 3 aromatic heterocycles. The first-order valence-corrected chi connectivity index (χ1v) is 10.4. The van der Waals surface area contributed by atoms with Crippen LogP contribution in [0.3, 0.4) is 0 Å². The van der Waals surface area contributed by atoms with Gasteiger partial charge in [-0.2, -0.15) is 0 Å². The van der Waals surface area contributed by atoms with E-state index in [9.17, 15) is 9.50 Å². The molecule has 160 valence electrons. The van der Waals surface area contributed by atoms with Crippen molar-refractivity contribution in [3.05, 3.63) is 107 Å². The summed E-state index contributed by atoms with van der Waals surface area (Å²) in [4.78, 5) is 9.48. The molecule has 0 aliphatic carbocycles. The number of furan rings is 1. The SMILES string of the molecule is Cc1cc(Cc2nc3c(Cc4ccccc4F)nc(-c4ccccc4)cn3c2O)oc1C. The number of aryl methyl sites for hydroxylation is 2. The number of halogens is 1. The predicted octanol–water partition coefficient (Wildman–Crippen LogP) is 5.63. The van der Waals surface area contributed by atoms with Crippen LogP contribution in [-0.2, 0) is 12.8 Å². The molecule has 0 bridgehead atoms. The fraction of sp³-hybridized carbons (Fsp3) is 0.154. The number of rotatable bonds is 5. The molecule has 0 spiro atoms. The molecule has 5 aromatic rings. The van der Waals surface area contributed by atoms with Crippen LogP contribution in [0.15, 0.2) is 71.3 Å². The summed E-state index contributed by atoms with van der Waals surface area (Å²) in [6, 6.07) is 18.3. The van der Waals surface area contributed by atoms with Crippen molar-refractivity contribution in [3.63, 3.8) is 0 Å². The van der Waals surface area contributed by atoms with Gasteiger partial charge in [0.25, 0.3) is 0 Å². The molecule has 3 heterocycles. The van der Waals surface area contributed by atoms with E-state index in [1.54, 1.807) is 28.8 Å². The zero-order chi connectivity index (χ0) is 22.2. The van der Waals surface area contributed by atoms with E-state index < -0.39 is 0 Å². The highest BCUT2D eigenvalue weighted by Crippen LogP contribution is 2.29. The van der Waals surface area contributed by atoms with E-state index in [2.05, 4.69) is 4.98 Å². The number of benzene rings is 2. The van der Waals surface area contributed by atoms with Gasteiger partial charge in [-0.05, 0) is 37.1 Å². The van der Waals surface area contributed by atoms with Gasteiger partial charge in [0.1, 0.15) is 23.0 Å². The van der Waals surface area contributed by atoms with Crippen LogP contribution < -0.4 is 0 Å². The Morgan fingerprint density at radius 3 is 2.41 bits per heavy atom. The Bertz CT molecular complexity index is 1400. The number of fused-ring (bicyclic) bond motifs is 1. The molecule has 0 amide bonds. The molecule has 5 rings (SSSR count). The second-order valence-electron chi connectivity index (χ2n) is 7.91. The lowest BCUT2D eigenvalue weighted by atomic mass is 10.1. The maximum atomic E-state index is 14.4. The van der Waals surface area contributed by atoms with Crippen molar-refractivity contribution in [1.82, 2.24) is 14.4 Å². The lowest BCUT2D eigenvalue weighted by Crippen LogP contribution is -2.02. The summed E-state index contributed by atoms with van der Waals surface area (Å²) in [7, 11) is 0. The highest BCUT2D eigenvalue weighted by Gasteiger charge is 2.19. The standard InChI is InChI=1S/C26H22FN3O2/c1-16-12-20(32-17(16)2)14-23-26(31)30-15-24(18-8-4-3-5-9-18)28-22(25(30)29-23)13-19-10-6-7-11-21(19)27/h3-12,15,31H,13-14H2,1-2H3. The van der Waals surface area contributed by atoms with E-state index in [1.165, 1.54) is 6.07 Å². The van der Waals surface area contributed by atoms with Gasteiger partial charge in [0.15, 0.2) is 5.65 Å². The summed E-state index contributed by atoms with van der Waals surface area (Å²) < 4.78 is 21.8. The normalized spacial score (nSPS) is 11.3. The van der Waals surface area contributed by atoms with Crippen molar-refractivity contribution < 1.29 is 13.9 Å². The molecule has 0 fully saturated rings. The molecule has 2 aromatic carbocycles. The third-order valence-electron chi connectivity index (χ3n) is 5.66. The second kappa shape index (κ2) is 7.96. The lowest BCUT2D eigenvalue weighted by Gasteiger charge is -2.09. The van der Waals surface area contributed by atoms with E-state index >= 15 is 0 Å². The quantitative estimate of drug-likeness (QED) is 0.395. The summed E-state index contributed by atoms with van der Waals surface area (Å²) in [5, 5.41) is 11.0. The molecular formula is C26H22FN3O2. The molecule has 0 saturated carbocycles. The van der Waals surface area contributed by atoms with E-state index in [1.807, 2.05) is 50.2 Å². The number of hydrogen-bond acceptors (Lipinski definition) is 4. The molecule has 6 heteroatoms. The van der Waals surface area contributed by atoms with Gasteiger partial charge in [-0.3, -0.25) is 4.40 Å². The minimum absolute atomic E-state index is 0.0288. The van der Waals surface area contributed by atoms with Crippen LogP contribution >= 0.6 is 0 Å². The molecular weight excluding hydrogens is 405 g/mol. The van der Waals surface area contributed by atoms with Crippen LogP contribution in [0.25, 0.3) is 16.9 Å². The molecule has 1 N–H and O–H groups in total. The Hall–Kier alpha value is -3.93. The molecule has 0 aliphatic heterocycles. The number of imidazole rings is 1. The van der Waals surface area contributed by atoms with Crippen molar-refractivity contribution in [2.75, 3.05) is 0 Å². The molecule has 0 aliphatic rings. The summed E-state index contributed by atoms with van der Waals surface area (Å²) in [6.07, 6.45) is 2.37. The van der Waals surface area contributed by atoms with Crippen LogP contribution in [0.1, 0.15) is 34.0 Å². The van der Waals surface area contributed by atoms with Crippen molar-refractivity contribution in [2.24, 2.45) is 0 Å². The average molecular weight is 427 g/mol. The maximum Gasteiger partial charge on any atom is 0.219 e. The third-order valence-corrected chi connectivity index (χ3v) is 5.66. The second-order valence-corrected chi connectivity index (χ2v) is 7.91. The Morgan fingerprint density at radius 1 is 0.938 bits per heavy atom. The van der Waals surface area contributed by atoms with Gasteiger partial charge in [-0.15, -0.1) is 0 Å². The first-order valence-electron chi connectivity index (χ1n) is 10.4. The number of aromatic nitrogens is 3. The van der Waals surface area contributed by atoms with Crippen LogP contribution in [0, 0.1) is 19.7 Å². The summed E-state index contributed by atoms with van der Waals surface area (Å²) in [6.45, 7) is 3.89. The number of aromatic hydroxyl groups is 1. The highest BCUT2D eigenvalue weighted by atomic mass is 19.1. The first-order chi connectivity index (χ1) is 15.5. The van der Waals surface area contributed by atoms with Gasteiger partial charge in [0, 0.05) is 18.2 Å². The average Bonchev–Trinajstić information content (AvgIpc) is 3.28. The topological polar surface area (TPSA) is 63.6 Å². The van der Waals surface area contributed by atoms with Crippen LogP contribution in [-0.4, -0.2) is 19.5 Å². The number of hydrogen-bond donors (Lipinski definition) is 1. The zero-order valence-corrected chi connectivity index (χ0v) is 17.8. The summed E-state index contributed by atoms with van der Waals surface area (Å²) in [5.74, 6) is 1.30. The van der Waals surface area contributed by atoms with Gasteiger partial charge in [-0.1, -0.05) is 48.5 Å². The van der Waals surface area contributed by atoms with E-state index in [-0.39, 0.29) is 18.1 Å². The lowest BCUT2D eigenvalue weighted by molar-refractivity contribution is 0.436. The minimum atomic E-state index is -0.296. The maximum absolute atomic E-state index is 14.4. The molecule has 0 unspecified atom stereocenters. The summed E-state index contributed by atoms with van der Waals surface area (Å²) >= 11 is 0. The van der Waals surface area contributed by atoms with E-state index in [0.29, 0.717) is 34.7 Å². The van der Waals surface area contributed by atoms with Crippen molar-refractivity contribution in [2.45, 2.75) is 26.7 Å². The van der Waals surface area contributed by atoms with Gasteiger partial charge >= 0.3 is 0 Å². The minimum Gasteiger partial charge on any atom is -0.493 e. The van der Waals surface area contributed by atoms with Gasteiger partial charge in [0.05, 0.1) is 17.8 Å². The predicted molar refractivity (Wildman–Crippen MR) is 120 cm³/mol. The fourth-order valence-electron chi connectivity index (χ4n) is 3.85. The van der Waals surface area contributed by atoms with Gasteiger partial charge < -0.3 is 9.52 Å². The molecule has 0 radical (unpaired) electrons. The first kappa shape index (κ1) is 20.0. The number of nitrogens with zero attached hydrogens (tertiary/aromatic N) is 3. The smallest absolute Gasteiger partial charge is 0.219 e. The monoisotopic (exact) mass is 427 g/mol. The third kappa shape index (κ3) is 3.64. The summed E-state index contributed by atoms with van der Waals surface area (Å²) in [5.41, 5.74) is 4.72.